The van der Waals surface area contributed by atoms with Gasteiger partial charge in [-0.3, -0.25) is 4.40 Å². The molecule has 5 heteroatoms. The van der Waals surface area contributed by atoms with Gasteiger partial charge in [-0.1, -0.05) is 12.1 Å². The Balaban J connectivity index is 1.97. The van der Waals surface area contributed by atoms with Crippen LogP contribution in [-0.4, -0.2) is 19.6 Å². The number of aromatic nitrogens is 4. The van der Waals surface area contributed by atoms with E-state index in [1.807, 2.05) is 34.7 Å². The van der Waals surface area contributed by atoms with E-state index in [1.165, 1.54) is 0 Å². The second-order valence-corrected chi connectivity index (χ2v) is 3.84. The van der Waals surface area contributed by atoms with Crippen LogP contribution in [0.25, 0.3) is 5.65 Å². The molecular weight excluding hydrogens is 214 g/mol. The van der Waals surface area contributed by atoms with Crippen molar-refractivity contribution in [3.63, 3.8) is 0 Å². The van der Waals surface area contributed by atoms with Crippen molar-refractivity contribution in [2.75, 3.05) is 5.73 Å². The average molecular weight is 225 g/mol. The number of fused-ring (bicyclic) bond motifs is 1. The van der Waals surface area contributed by atoms with Gasteiger partial charge in [0.2, 0.25) is 0 Å². The number of anilines is 1. The Labute approximate surface area is 97.9 Å². The van der Waals surface area contributed by atoms with Gasteiger partial charge in [0.1, 0.15) is 12.2 Å². The summed E-state index contributed by atoms with van der Waals surface area (Å²) in [6, 6.07) is 9.59. The molecule has 0 radical (unpaired) electrons. The Morgan fingerprint density at radius 2 is 1.88 bits per heavy atom. The highest BCUT2D eigenvalue weighted by molar-refractivity contribution is 5.41. The first kappa shape index (κ1) is 9.77. The van der Waals surface area contributed by atoms with E-state index >= 15 is 0 Å². The summed E-state index contributed by atoms with van der Waals surface area (Å²) in [5.41, 5.74) is 8.37. The van der Waals surface area contributed by atoms with Crippen molar-refractivity contribution in [3.8, 4) is 0 Å². The van der Waals surface area contributed by atoms with Gasteiger partial charge in [-0.2, -0.15) is 0 Å². The Bertz CT molecular complexity index is 641. The predicted molar refractivity (Wildman–Crippen MR) is 64.4 cm³/mol. The first-order chi connectivity index (χ1) is 8.33. The first-order valence-corrected chi connectivity index (χ1v) is 5.31. The molecule has 17 heavy (non-hydrogen) atoms. The smallest absolute Gasteiger partial charge is 0.163 e. The van der Waals surface area contributed by atoms with Crippen LogP contribution in [0.4, 0.5) is 5.69 Å². The van der Waals surface area contributed by atoms with Gasteiger partial charge in [0, 0.05) is 24.4 Å². The number of hydrogen-bond donors (Lipinski definition) is 1. The number of nitrogens with zero attached hydrogens (tertiary/aromatic N) is 4. The van der Waals surface area contributed by atoms with Crippen LogP contribution in [0.2, 0.25) is 0 Å². The zero-order chi connectivity index (χ0) is 11.7. The predicted octanol–water partition coefficient (Wildman–Crippen LogP) is 1.30. The first-order valence-electron chi connectivity index (χ1n) is 5.31. The van der Waals surface area contributed by atoms with Crippen molar-refractivity contribution >= 4 is 11.3 Å². The van der Waals surface area contributed by atoms with Gasteiger partial charge in [-0.05, 0) is 17.7 Å². The van der Waals surface area contributed by atoms with E-state index in [2.05, 4.69) is 15.2 Å². The summed E-state index contributed by atoms with van der Waals surface area (Å²) in [5.74, 6) is 0.873. The minimum absolute atomic E-state index is 0.715. The summed E-state index contributed by atoms with van der Waals surface area (Å²) >= 11 is 0. The van der Waals surface area contributed by atoms with E-state index in [0.717, 1.165) is 22.7 Å². The van der Waals surface area contributed by atoms with E-state index < -0.39 is 0 Å². The summed E-state index contributed by atoms with van der Waals surface area (Å²) in [7, 11) is 0. The number of nitrogen functional groups attached to an aromatic ring is 1. The zero-order valence-electron chi connectivity index (χ0n) is 9.11. The fraction of sp³-hybridized carbons (Fsp3) is 0.0833. The Morgan fingerprint density at radius 3 is 2.71 bits per heavy atom. The van der Waals surface area contributed by atoms with Crippen LogP contribution in [0.3, 0.4) is 0 Å². The lowest BCUT2D eigenvalue weighted by molar-refractivity contribution is 0.919. The number of nitrogens with two attached hydrogens (primary N) is 1. The zero-order valence-corrected chi connectivity index (χ0v) is 9.11. The fourth-order valence-electron chi connectivity index (χ4n) is 1.73. The highest BCUT2D eigenvalue weighted by Gasteiger charge is 2.05. The molecule has 5 nitrogen and oxygen atoms in total. The summed E-state index contributed by atoms with van der Waals surface area (Å²) in [4.78, 5) is 4.06. The molecule has 0 amide bonds. The van der Waals surface area contributed by atoms with Crippen molar-refractivity contribution < 1.29 is 0 Å². The monoisotopic (exact) mass is 225 g/mol. The van der Waals surface area contributed by atoms with E-state index in [4.69, 9.17) is 5.73 Å². The summed E-state index contributed by atoms with van der Waals surface area (Å²) in [5, 5.41) is 8.24. The molecule has 0 bridgehead atoms. The van der Waals surface area contributed by atoms with Gasteiger partial charge in [-0.25, -0.2) is 4.98 Å². The molecule has 2 aromatic heterocycles. The number of benzene rings is 1. The molecule has 0 saturated heterocycles. The largest absolute Gasteiger partial charge is 0.399 e. The van der Waals surface area contributed by atoms with Gasteiger partial charge >= 0.3 is 0 Å². The standard InChI is InChI=1S/C12H11N5/c13-10-3-1-9(2-4-10)7-12-16-15-11-5-6-14-8-17(11)12/h1-6,8H,7,13H2. The molecule has 0 fully saturated rings. The molecule has 0 saturated carbocycles. The maximum atomic E-state index is 5.65. The van der Waals surface area contributed by atoms with E-state index in [-0.39, 0.29) is 0 Å². The molecule has 0 aliphatic heterocycles. The lowest BCUT2D eigenvalue weighted by atomic mass is 10.1. The van der Waals surface area contributed by atoms with E-state index in [0.29, 0.717) is 6.42 Å². The van der Waals surface area contributed by atoms with E-state index in [9.17, 15) is 0 Å². The molecular formula is C12H11N5. The lowest BCUT2D eigenvalue weighted by Gasteiger charge is -2.00. The van der Waals surface area contributed by atoms with Gasteiger partial charge in [0.15, 0.2) is 5.65 Å². The van der Waals surface area contributed by atoms with Crippen LogP contribution in [0.5, 0.6) is 0 Å². The molecule has 1 aromatic carbocycles. The van der Waals surface area contributed by atoms with Crippen LogP contribution in [0, 0.1) is 0 Å². The quantitative estimate of drug-likeness (QED) is 0.667. The second-order valence-electron chi connectivity index (χ2n) is 3.84. The van der Waals surface area contributed by atoms with Gasteiger partial charge < -0.3 is 5.73 Å². The summed E-state index contributed by atoms with van der Waals surface area (Å²) < 4.78 is 1.89. The van der Waals surface area contributed by atoms with Crippen molar-refractivity contribution in [2.45, 2.75) is 6.42 Å². The summed E-state index contributed by atoms with van der Waals surface area (Å²) in [6.07, 6.45) is 4.14. The third-order valence-electron chi connectivity index (χ3n) is 2.63. The minimum atomic E-state index is 0.715. The van der Waals surface area contributed by atoms with Crippen LogP contribution < -0.4 is 5.73 Å². The van der Waals surface area contributed by atoms with Crippen LogP contribution in [-0.2, 0) is 6.42 Å². The molecule has 2 N–H and O–H groups in total. The Kier molecular flexibility index (Phi) is 2.22. The maximum Gasteiger partial charge on any atom is 0.163 e. The Hall–Kier alpha value is -2.43. The SMILES string of the molecule is Nc1ccc(Cc2nnc3ccncn23)cc1. The topological polar surface area (TPSA) is 69.1 Å². The minimum Gasteiger partial charge on any atom is -0.399 e. The van der Waals surface area contributed by atoms with E-state index in [1.54, 1.807) is 12.5 Å². The molecule has 84 valence electrons. The maximum absolute atomic E-state index is 5.65. The highest BCUT2D eigenvalue weighted by Crippen LogP contribution is 2.11. The van der Waals surface area contributed by atoms with Crippen molar-refractivity contribution in [2.24, 2.45) is 0 Å². The second kappa shape index (κ2) is 3.86. The normalized spacial score (nSPS) is 10.8. The van der Waals surface area contributed by atoms with Crippen LogP contribution in [0.15, 0.2) is 42.9 Å². The van der Waals surface area contributed by atoms with Crippen LogP contribution >= 0.6 is 0 Å². The highest BCUT2D eigenvalue weighted by atomic mass is 15.3. The molecule has 3 rings (SSSR count). The van der Waals surface area contributed by atoms with Gasteiger partial charge in [0.05, 0.1) is 0 Å². The van der Waals surface area contributed by atoms with Crippen molar-refractivity contribution in [1.29, 1.82) is 0 Å². The van der Waals surface area contributed by atoms with Crippen molar-refractivity contribution in [3.05, 3.63) is 54.2 Å². The molecule has 0 aliphatic rings. The molecule has 0 unspecified atom stereocenters. The molecule has 0 atom stereocenters. The lowest BCUT2D eigenvalue weighted by Crippen LogP contribution is -1.97. The molecule has 0 spiro atoms. The number of hydrogen-bond acceptors (Lipinski definition) is 4. The third kappa shape index (κ3) is 1.82. The molecule has 3 aromatic rings. The molecule has 0 aliphatic carbocycles. The molecule has 2 heterocycles. The third-order valence-corrected chi connectivity index (χ3v) is 2.63. The average Bonchev–Trinajstić information content (AvgIpc) is 2.76. The van der Waals surface area contributed by atoms with Gasteiger partial charge in [0.25, 0.3) is 0 Å². The van der Waals surface area contributed by atoms with Crippen molar-refractivity contribution in [1.82, 2.24) is 19.6 Å². The fourth-order valence-corrected chi connectivity index (χ4v) is 1.73. The van der Waals surface area contributed by atoms with Crippen LogP contribution in [0.1, 0.15) is 11.4 Å². The summed E-state index contributed by atoms with van der Waals surface area (Å²) in [6.45, 7) is 0. The number of rotatable bonds is 2. The Morgan fingerprint density at radius 1 is 1.06 bits per heavy atom. The van der Waals surface area contributed by atoms with Gasteiger partial charge in [-0.15, -0.1) is 10.2 Å².